The second kappa shape index (κ2) is 11.0. The quantitative estimate of drug-likeness (QED) is 0.189. The number of carbonyl (C=O) groups excluding carboxylic acids is 4. The Bertz CT molecular complexity index is 552. The van der Waals surface area contributed by atoms with Gasteiger partial charge in [0.25, 0.3) is 0 Å². The van der Waals surface area contributed by atoms with Crippen molar-refractivity contribution in [2.45, 2.75) is 50.9 Å². The highest BCUT2D eigenvalue weighted by Crippen LogP contribution is 2.02. The summed E-state index contributed by atoms with van der Waals surface area (Å²) >= 11 is 0. The summed E-state index contributed by atoms with van der Waals surface area (Å²) in [5.41, 5.74) is 10.2. The molecule has 148 valence electrons. The Morgan fingerprint density at radius 3 is 2.00 bits per heavy atom. The number of carboxylic acid groups (broad SMARTS) is 1. The van der Waals surface area contributed by atoms with E-state index in [1.807, 2.05) is 0 Å². The SMILES string of the molecule is CC(NC(=O)C(CCC(N)=O)NC(=O)C(NC(=O)CN)C(C)O)C(=O)O. The Morgan fingerprint density at radius 1 is 1.00 bits per heavy atom. The topological polar surface area (TPSA) is 214 Å². The number of amides is 4. The van der Waals surface area contributed by atoms with E-state index in [2.05, 4.69) is 16.0 Å². The molecule has 0 saturated carbocycles. The molecular weight excluding hydrogens is 350 g/mol. The first kappa shape index (κ1) is 23.3. The molecule has 4 atom stereocenters. The molecule has 4 unspecified atom stereocenters. The molecule has 9 N–H and O–H groups in total. The lowest BCUT2D eigenvalue weighted by atomic mass is 10.1. The highest BCUT2D eigenvalue weighted by molar-refractivity contribution is 5.94. The zero-order valence-electron chi connectivity index (χ0n) is 14.5. The second-order valence-corrected chi connectivity index (χ2v) is 5.62. The van der Waals surface area contributed by atoms with E-state index in [4.69, 9.17) is 16.6 Å². The summed E-state index contributed by atoms with van der Waals surface area (Å²) in [6, 6.07) is -3.93. The number of rotatable bonds is 11. The molecule has 0 rings (SSSR count). The number of nitrogens with two attached hydrogens (primary N) is 2. The molecule has 12 heteroatoms. The van der Waals surface area contributed by atoms with Gasteiger partial charge in [0.05, 0.1) is 12.6 Å². The van der Waals surface area contributed by atoms with Gasteiger partial charge in [0.2, 0.25) is 23.6 Å². The van der Waals surface area contributed by atoms with Crippen molar-refractivity contribution in [1.82, 2.24) is 16.0 Å². The molecule has 0 aromatic heterocycles. The van der Waals surface area contributed by atoms with Crippen LogP contribution in [0.4, 0.5) is 0 Å². The fourth-order valence-corrected chi connectivity index (χ4v) is 1.83. The molecule has 0 aliphatic carbocycles. The highest BCUT2D eigenvalue weighted by atomic mass is 16.4. The summed E-state index contributed by atoms with van der Waals surface area (Å²) in [5.74, 6) is -4.50. The van der Waals surface area contributed by atoms with E-state index in [-0.39, 0.29) is 12.8 Å². The van der Waals surface area contributed by atoms with Crippen molar-refractivity contribution in [3.63, 3.8) is 0 Å². The largest absolute Gasteiger partial charge is 0.480 e. The van der Waals surface area contributed by atoms with Crippen LogP contribution in [-0.2, 0) is 24.0 Å². The van der Waals surface area contributed by atoms with Crippen LogP contribution in [0.5, 0.6) is 0 Å². The number of carboxylic acids is 1. The van der Waals surface area contributed by atoms with Gasteiger partial charge in [0, 0.05) is 6.42 Å². The highest BCUT2D eigenvalue weighted by Gasteiger charge is 2.30. The van der Waals surface area contributed by atoms with Gasteiger partial charge in [-0.1, -0.05) is 0 Å². The molecule has 12 nitrogen and oxygen atoms in total. The van der Waals surface area contributed by atoms with E-state index in [0.717, 1.165) is 0 Å². The number of hydrogen-bond donors (Lipinski definition) is 7. The molecule has 0 aromatic rings. The van der Waals surface area contributed by atoms with Crippen molar-refractivity contribution < 1.29 is 34.2 Å². The van der Waals surface area contributed by atoms with Crippen LogP contribution < -0.4 is 27.4 Å². The maximum atomic E-state index is 12.3. The number of aliphatic hydroxyl groups is 1. The van der Waals surface area contributed by atoms with Crippen LogP contribution in [0.15, 0.2) is 0 Å². The summed E-state index contributed by atoms with van der Waals surface area (Å²) < 4.78 is 0. The lowest BCUT2D eigenvalue weighted by Gasteiger charge is -2.25. The van der Waals surface area contributed by atoms with Gasteiger partial charge < -0.3 is 37.6 Å². The van der Waals surface area contributed by atoms with Crippen molar-refractivity contribution >= 4 is 29.6 Å². The van der Waals surface area contributed by atoms with Gasteiger partial charge >= 0.3 is 5.97 Å². The van der Waals surface area contributed by atoms with Crippen molar-refractivity contribution in [1.29, 1.82) is 0 Å². The Hall–Kier alpha value is -2.73. The average molecular weight is 375 g/mol. The number of hydrogen-bond acceptors (Lipinski definition) is 7. The van der Waals surface area contributed by atoms with Gasteiger partial charge in [0.15, 0.2) is 0 Å². The molecule has 0 aliphatic heterocycles. The average Bonchev–Trinajstić information content (AvgIpc) is 2.54. The van der Waals surface area contributed by atoms with Crippen LogP contribution in [-0.4, -0.2) is 70.6 Å². The summed E-state index contributed by atoms with van der Waals surface area (Å²) in [7, 11) is 0. The smallest absolute Gasteiger partial charge is 0.325 e. The molecule has 0 bridgehead atoms. The van der Waals surface area contributed by atoms with Crippen molar-refractivity contribution in [2.75, 3.05) is 6.54 Å². The van der Waals surface area contributed by atoms with Crippen molar-refractivity contribution in [3.8, 4) is 0 Å². The third kappa shape index (κ3) is 8.39. The Morgan fingerprint density at radius 2 is 1.58 bits per heavy atom. The monoisotopic (exact) mass is 375 g/mol. The molecule has 0 fully saturated rings. The zero-order valence-corrected chi connectivity index (χ0v) is 14.5. The van der Waals surface area contributed by atoms with Crippen LogP contribution in [0.25, 0.3) is 0 Å². The normalized spacial score (nSPS) is 15.1. The van der Waals surface area contributed by atoms with Gasteiger partial charge in [-0.15, -0.1) is 0 Å². The number of aliphatic carboxylic acids is 1. The molecular formula is C14H25N5O7. The molecule has 0 spiro atoms. The molecule has 0 saturated heterocycles. The Labute approximate surface area is 149 Å². The lowest BCUT2D eigenvalue weighted by molar-refractivity contribution is -0.142. The van der Waals surface area contributed by atoms with E-state index < -0.39 is 60.4 Å². The van der Waals surface area contributed by atoms with Crippen molar-refractivity contribution in [2.24, 2.45) is 11.5 Å². The summed E-state index contributed by atoms with van der Waals surface area (Å²) in [6.45, 7) is 2.04. The lowest BCUT2D eigenvalue weighted by Crippen LogP contribution is -2.58. The van der Waals surface area contributed by atoms with E-state index in [0.29, 0.717) is 0 Å². The number of carbonyl (C=O) groups is 5. The number of nitrogens with one attached hydrogen (secondary N) is 3. The van der Waals surface area contributed by atoms with Crippen LogP contribution in [0.1, 0.15) is 26.7 Å². The molecule has 0 aliphatic rings. The first-order valence-electron chi connectivity index (χ1n) is 7.78. The van der Waals surface area contributed by atoms with E-state index in [1.54, 1.807) is 0 Å². The van der Waals surface area contributed by atoms with Crippen LogP contribution in [0.2, 0.25) is 0 Å². The fourth-order valence-electron chi connectivity index (χ4n) is 1.83. The summed E-state index contributed by atoms with van der Waals surface area (Å²) in [6.07, 6.45) is -1.76. The third-order valence-electron chi connectivity index (χ3n) is 3.31. The first-order chi connectivity index (χ1) is 12.0. The van der Waals surface area contributed by atoms with Crippen LogP contribution in [0.3, 0.4) is 0 Å². The van der Waals surface area contributed by atoms with E-state index >= 15 is 0 Å². The predicted molar refractivity (Wildman–Crippen MR) is 88.3 cm³/mol. The summed E-state index contributed by atoms with van der Waals surface area (Å²) in [5, 5.41) is 25.1. The van der Waals surface area contributed by atoms with Crippen LogP contribution in [0, 0.1) is 0 Å². The Kier molecular flexibility index (Phi) is 9.84. The maximum Gasteiger partial charge on any atom is 0.325 e. The minimum Gasteiger partial charge on any atom is -0.480 e. The van der Waals surface area contributed by atoms with Gasteiger partial charge in [-0.25, -0.2) is 0 Å². The predicted octanol–water partition coefficient (Wildman–Crippen LogP) is -3.85. The molecule has 0 aromatic carbocycles. The van der Waals surface area contributed by atoms with Gasteiger partial charge in [-0.2, -0.15) is 0 Å². The van der Waals surface area contributed by atoms with Gasteiger partial charge in [0.1, 0.15) is 18.1 Å². The van der Waals surface area contributed by atoms with E-state index in [9.17, 15) is 29.1 Å². The standard InChI is InChI=1S/C14H25N5O7/c1-6(14(25)26)17-12(23)8(3-4-9(16)21)18-13(24)11(7(2)20)19-10(22)5-15/h6-8,11,20H,3-5,15H2,1-2H3,(H2,16,21)(H,17,23)(H,18,24)(H,19,22)(H,25,26). The second-order valence-electron chi connectivity index (χ2n) is 5.62. The van der Waals surface area contributed by atoms with Crippen LogP contribution >= 0.6 is 0 Å². The first-order valence-corrected chi connectivity index (χ1v) is 7.78. The molecule has 4 amide bonds. The third-order valence-corrected chi connectivity index (χ3v) is 3.31. The minimum atomic E-state index is -1.40. The minimum absolute atomic E-state index is 0.198. The summed E-state index contributed by atoms with van der Waals surface area (Å²) in [4.78, 5) is 57.6. The molecule has 0 radical (unpaired) electrons. The molecule has 0 heterocycles. The zero-order chi connectivity index (χ0) is 20.4. The maximum absolute atomic E-state index is 12.3. The van der Waals surface area contributed by atoms with E-state index in [1.165, 1.54) is 13.8 Å². The van der Waals surface area contributed by atoms with Gasteiger partial charge in [-0.3, -0.25) is 24.0 Å². The molecule has 26 heavy (non-hydrogen) atoms. The number of primary amides is 1. The number of aliphatic hydroxyl groups excluding tert-OH is 1. The Balaban J connectivity index is 5.20. The van der Waals surface area contributed by atoms with Crippen molar-refractivity contribution in [3.05, 3.63) is 0 Å². The van der Waals surface area contributed by atoms with Gasteiger partial charge in [-0.05, 0) is 20.3 Å². The fraction of sp³-hybridized carbons (Fsp3) is 0.643.